The molecule has 0 aliphatic heterocycles. The highest BCUT2D eigenvalue weighted by Crippen LogP contribution is 2.28. The van der Waals surface area contributed by atoms with Crippen LogP contribution < -0.4 is 0 Å². The van der Waals surface area contributed by atoms with Gasteiger partial charge in [-0.2, -0.15) is 5.26 Å². The molecule has 0 aliphatic rings. The molecule has 0 aliphatic carbocycles. The SMILES string of the molecule is CCc1ccccc1-c1cc(CO)ccc1C#N. The molecular weight excluding hydrogens is 222 g/mol. The summed E-state index contributed by atoms with van der Waals surface area (Å²) in [7, 11) is 0. The zero-order valence-corrected chi connectivity index (χ0v) is 10.4. The first kappa shape index (κ1) is 12.3. The minimum atomic E-state index is -0.00694. The summed E-state index contributed by atoms with van der Waals surface area (Å²) >= 11 is 0. The molecule has 0 heterocycles. The number of hydrogen-bond acceptors (Lipinski definition) is 2. The van der Waals surface area contributed by atoms with Gasteiger partial charge in [0.05, 0.1) is 18.2 Å². The Kier molecular flexibility index (Phi) is 3.76. The van der Waals surface area contributed by atoms with Crippen molar-refractivity contribution in [2.24, 2.45) is 0 Å². The van der Waals surface area contributed by atoms with Crippen LogP contribution in [0.5, 0.6) is 0 Å². The second-order valence-corrected chi connectivity index (χ2v) is 4.16. The van der Waals surface area contributed by atoms with Crippen molar-refractivity contribution >= 4 is 0 Å². The lowest BCUT2D eigenvalue weighted by Gasteiger charge is -2.10. The van der Waals surface area contributed by atoms with Crippen LogP contribution in [0.1, 0.15) is 23.6 Å². The molecular formula is C16H15NO. The van der Waals surface area contributed by atoms with Crippen molar-refractivity contribution in [3.63, 3.8) is 0 Å². The van der Waals surface area contributed by atoms with Crippen molar-refractivity contribution < 1.29 is 5.11 Å². The molecule has 0 saturated carbocycles. The largest absolute Gasteiger partial charge is 0.392 e. The van der Waals surface area contributed by atoms with Gasteiger partial charge in [-0.15, -0.1) is 0 Å². The van der Waals surface area contributed by atoms with Crippen LogP contribution in [0, 0.1) is 11.3 Å². The Labute approximate surface area is 107 Å². The molecule has 0 unspecified atom stereocenters. The quantitative estimate of drug-likeness (QED) is 0.890. The molecule has 0 atom stereocenters. The maximum atomic E-state index is 9.22. The van der Waals surface area contributed by atoms with Crippen LogP contribution in [-0.4, -0.2) is 5.11 Å². The molecule has 18 heavy (non-hydrogen) atoms. The van der Waals surface area contributed by atoms with Crippen LogP contribution in [-0.2, 0) is 13.0 Å². The molecule has 0 saturated heterocycles. The van der Waals surface area contributed by atoms with Crippen molar-refractivity contribution in [1.82, 2.24) is 0 Å². The molecule has 0 fully saturated rings. The number of nitriles is 1. The summed E-state index contributed by atoms with van der Waals surface area (Å²) in [5, 5.41) is 18.4. The molecule has 0 amide bonds. The molecule has 2 heteroatoms. The van der Waals surface area contributed by atoms with E-state index in [0.29, 0.717) is 5.56 Å². The Morgan fingerprint density at radius 3 is 2.56 bits per heavy atom. The van der Waals surface area contributed by atoms with Gasteiger partial charge in [-0.1, -0.05) is 37.3 Å². The fourth-order valence-electron chi connectivity index (χ4n) is 2.10. The normalized spacial score (nSPS) is 10.1. The fourth-order valence-corrected chi connectivity index (χ4v) is 2.10. The average Bonchev–Trinajstić information content (AvgIpc) is 2.46. The van der Waals surface area contributed by atoms with Crippen LogP contribution in [0.3, 0.4) is 0 Å². The highest BCUT2D eigenvalue weighted by molar-refractivity contribution is 5.74. The van der Waals surface area contributed by atoms with E-state index >= 15 is 0 Å². The van der Waals surface area contributed by atoms with E-state index in [9.17, 15) is 10.4 Å². The molecule has 0 spiro atoms. The Morgan fingerprint density at radius 1 is 1.11 bits per heavy atom. The van der Waals surface area contributed by atoms with Gasteiger partial charge in [-0.05, 0) is 35.2 Å². The van der Waals surface area contributed by atoms with Gasteiger partial charge in [-0.25, -0.2) is 0 Å². The summed E-state index contributed by atoms with van der Waals surface area (Å²) in [6.45, 7) is 2.09. The van der Waals surface area contributed by atoms with Crippen molar-refractivity contribution in [3.8, 4) is 17.2 Å². The number of aliphatic hydroxyl groups is 1. The number of nitrogens with zero attached hydrogens (tertiary/aromatic N) is 1. The summed E-state index contributed by atoms with van der Waals surface area (Å²) in [6.07, 6.45) is 0.921. The van der Waals surface area contributed by atoms with Gasteiger partial charge in [0.1, 0.15) is 0 Å². The Bertz CT molecular complexity index is 596. The van der Waals surface area contributed by atoms with E-state index in [1.165, 1.54) is 5.56 Å². The fraction of sp³-hybridized carbons (Fsp3) is 0.188. The zero-order valence-electron chi connectivity index (χ0n) is 10.4. The first-order chi connectivity index (χ1) is 8.80. The van der Waals surface area contributed by atoms with E-state index in [1.807, 2.05) is 24.3 Å². The minimum Gasteiger partial charge on any atom is -0.392 e. The van der Waals surface area contributed by atoms with Crippen LogP contribution in [0.4, 0.5) is 0 Å². The third kappa shape index (κ3) is 2.27. The highest BCUT2D eigenvalue weighted by Gasteiger charge is 2.09. The number of aliphatic hydroxyl groups excluding tert-OH is 1. The lowest BCUT2D eigenvalue weighted by molar-refractivity contribution is 0.282. The summed E-state index contributed by atoms with van der Waals surface area (Å²) in [6, 6.07) is 15.7. The van der Waals surface area contributed by atoms with Crippen LogP contribution in [0.25, 0.3) is 11.1 Å². The molecule has 90 valence electrons. The van der Waals surface area contributed by atoms with E-state index in [1.54, 1.807) is 12.1 Å². The Hall–Kier alpha value is -2.11. The lowest BCUT2D eigenvalue weighted by atomic mass is 9.93. The molecule has 2 rings (SSSR count). The topological polar surface area (TPSA) is 44.0 Å². The lowest BCUT2D eigenvalue weighted by Crippen LogP contribution is -1.93. The van der Waals surface area contributed by atoms with E-state index in [0.717, 1.165) is 23.1 Å². The smallest absolute Gasteiger partial charge is 0.0998 e. The molecule has 2 nitrogen and oxygen atoms in total. The van der Waals surface area contributed by atoms with Crippen molar-refractivity contribution in [1.29, 1.82) is 5.26 Å². The summed E-state index contributed by atoms with van der Waals surface area (Å²) in [5.74, 6) is 0. The van der Waals surface area contributed by atoms with Gasteiger partial charge < -0.3 is 5.11 Å². The van der Waals surface area contributed by atoms with Crippen LogP contribution in [0.15, 0.2) is 42.5 Å². The van der Waals surface area contributed by atoms with Crippen molar-refractivity contribution in [3.05, 3.63) is 59.2 Å². The number of aryl methyl sites for hydroxylation is 1. The number of benzene rings is 2. The van der Waals surface area contributed by atoms with E-state index < -0.39 is 0 Å². The molecule has 0 radical (unpaired) electrons. The van der Waals surface area contributed by atoms with Gasteiger partial charge in [0.25, 0.3) is 0 Å². The first-order valence-electron chi connectivity index (χ1n) is 6.02. The van der Waals surface area contributed by atoms with Crippen molar-refractivity contribution in [2.45, 2.75) is 20.0 Å². The molecule has 0 bridgehead atoms. The third-order valence-electron chi connectivity index (χ3n) is 3.08. The minimum absolute atomic E-state index is 0.00694. The maximum Gasteiger partial charge on any atom is 0.0998 e. The molecule has 2 aromatic rings. The van der Waals surface area contributed by atoms with Gasteiger partial charge in [0.15, 0.2) is 0 Å². The molecule has 1 N–H and O–H groups in total. The molecule has 2 aromatic carbocycles. The standard InChI is InChI=1S/C16H15NO/c1-2-13-5-3-4-6-15(13)16-9-12(11-18)7-8-14(16)10-17/h3-9,18H,2,11H2,1H3. The monoisotopic (exact) mass is 237 g/mol. The Balaban J connectivity index is 2.65. The summed E-state index contributed by atoms with van der Waals surface area (Å²) in [4.78, 5) is 0. The predicted octanol–water partition coefficient (Wildman–Crippen LogP) is 3.28. The van der Waals surface area contributed by atoms with Crippen molar-refractivity contribution in [2.75, 3.05) is 0 Å². The van der Waals surface area contributed by atoms with E-state index in [2.05, 4.69) is 19.1 Å². The zero-order chi connectivity index (χ0) is 13.0. The predicted molar refractivity (Wildman–Crippen MR) is 71.9 cm³/mol. The number of hydrogen-bond donors (Lipinski definition) is 1. The van der Waals surface area contributed by atoms with Gasteiger partial charge >= 0.3 is 0 Å². The van der Waals surface area contributed by atoms with Gasteiger partial charge in [0, 0.05) is 5.56 Å². The summed E-state index contributed by atoms with van der Waals surface area (Å²) < 4.78 is 0. The highest BCUT2D eigenvalue weighted by atomic mass is 16.3. The van der Waals surface area contributed by atoms with Crippen LogP contribution >= 0.6 is 0 Å². The van der Waals surface area contributed by atoms with Crippen LogP contribution in [0.2, 0.25) is 0 Å². The average molecular weight is 237 g/mol. The van der Waals surface area contributed by atoms with Gasteiger partial charge in [-0.3, -0.25) is 0 Å². The maximum absolute atomic E-state index is 9.22. The molecule has 0 aromatic heterocycles. The second-order valence-electron chi connectivity index (χ2n) is 4.16. The van der Waals surface area contributed by atoms with Gasteiger partial charge in [0.2, 0.25) is 0 Å². The third-order valence-corrected chi connectivity index (χ3v) is 3.08. The second kappa shape index (κ2) is 5.48. The van der Waals surface area contributed by atoms with E-state index in [4.69, 9.17) is 0 Å². The summed E-state index contributed by atoms with van der Waals surface area (Å²) in [5.41, 5.74) is 4.67. The number of rotatable bonds is 3. The first-order valence-corrected chi connectivity index (χ1v) is 6.02. The van der Waals surface area contributed by atoms with E-state index in [-0.39, 0.29) is 6.61 Å². The Morgan fingerprint density at radius 2 is 1.89 bits per heavy atom.